The summed E-state index contributed by atoms with van der Waals surface area (Å²) in [5, 5.41) is 16.8. The molecule has 1 fully saturated rings. The van der Waals surface area contributed by atoms with E-state index in [2.05, 4.69) is 0 Å². The van der Waals surface area contributed by atoms with Crippen molar-refractivity contribution in [3.8, 4) is 0 Å². The first kappa shape index (κ1) is 19.9. The van der Waals surface area contributed by atoms with Crippen LogP contribution in [0.3, 0.4) is 0 Å². The molecule has 1 unspecified atom stereocenters. The van der Waals surface area contributed by atoms with Gasteiger partial charge in [0.1, 0.15) is 12.1 Å². The highest BCUT2D eigenvalue weighted by Crippen LogP contribution is 2.27. The van der Waals surface area contributed by atoms with E-state index in [1.165, 1.54) is 32.1 Å². The first-order chi connectivity index (χ1) is 9.88. The Kier molecular flexibility index (Phi) is 10.9. The van der Waals surface area contributed by atoms with Gasteiger partial charge in [0, 0.05) is 0 Å². The molecule has 0 aromatic rings. The zero-order valence-corrected chi connectivity index (χ0v) is 13.0. The van der Waals surface area contributed by atoms with Crippen molar-refractivity contribution in [3.05, 3.63) is 0 Å². The second kappa shape index (κ2) is 11.5. The highest BCUT2D eigenvalue weighted by atomic mass is 16.4. The van der Waals surface area contributed by atoms with E-state index >= 15 is 0 Å². The van der Waals surface area contributed by atoms with Crippen LogP contribution in [0.5, 0.6) is 0 Å². The summed E-state index contributed by atoms with van der Waals surface area (Å²) < 4.78 is 0. The minimum absolute atomic E-state index is 0.565. The van der Waals surface area contributed by atoms with Crippen LogP contribution in [0, 0.1) is 5.92 Å². The van der Waals surface area contributed by atoms with Crippen LogP contribution < -0.4 is 11.5 Å². The Morgan fingerprint density at radius 3 is 1.86 bits per heavy atom. The lowest BCUT2D eigenvalue weighted by molar-refractivity contribution is -0.139. The molecule has 6 N–H and O–H groups in total. The molecule has 6 nitrogen and oxygen atoms in total. The summed E-state index contributed by atoms with van der Waals surface area (Å²) in [6, 6.07) is -1.32. The molecule has 0 amide bonds. The smallest absolute Gasteiger partial charge is 0.320 e. The second-order valence-electron chi connectivity index (χ2n) is 5.76. The van der Waals surface area contributed by atoms with E-state index in [0.717, 1.165) is 18.8 Å². The Hall–Kier alpha value is -1.14. The van der Waals surface area contributed by atoms with Crippen LogP contribution in [-0.2, 0) is 9.59 Å². The van der Waals surface area contributed by atoms with Gasteiger partial charge in [-0.05, 0) is 25.2 Å². The zero-order chi connectivity index (χ0) is 16.3. The minimum Gasteiger partial charge on any atom is -0.480 e. The summed E-state index contributed by atoms with van der Waals surface area (Å²) >= 11 is 0. The van der Waals surface area contributed by atoms with E-state index in [-0.39, 0.29) is 0 Å². The van der Waals surface area contributed by atoms with Crippen LogP contribution in [0.25, 0.3) is 0 Å². The van der Waals surface area contributed by atoms with Crippen molar-refractivity contribution in [1.82, 2.24) is 0 Å². The molecular weight excluding hydrogens is 272 g/mol. The minimum atomic E-state index is -0.910. The summed E-state index contributed by atoms with van der Waals surface area (Å²) in [4.78, 5) is 20.4. The van der Waals surface area contributed by atoms with Gasteiger partial charge in [-0.1, -0.05) is 45.4 Å². The van der Waals surface area contributed by atoms with E-state index in [0.29, 0.717) is 12.8 Å². The van der Waals surface area contributed by atoms with Crippen LogP contribution >= 0.6 is 0 Å². The quantitative estimate of drug-likeness (QED) is 0.569. The summed E-state index contributed by atoms with van der Waals surface area (Å²) in [5.41, 5.74) is 10.6. The van der Waals surface area contributed by atoms with Crippen molar-refractivity contribution in [2.75, 3.05) is 0 Å². The molecule has 0 bridgehead atoms. The Morgan fingerprint density at radius 1 is 1.00 bits per heavy atom. The molecular formula is C15H30N2O4. The molecule has 0 saturated heterocycles. The van der Waals surface area contributed by atoms with Crippen molar-refractivity contribution in [2.45, 2.75) is 76.8 Å². The van der Waals surface area contributed by atoms with Crippen LogP contribution in [0.2, 0.25) is 0 Å². The Morgan fingerprint density at radius 2 is 1.48 bits per heavy atom. The third-order valence-corrected chi connectivity index (χ3v) is 3.84. The van der Waals surface area contributed by atoms with Crippen molar-refractivity contribution in [3.63, 3.8) is 0 Å². The maximum Gasteiger partial charge on any atom is 0.320 e. The maximum atomic E-state index is 10.4. The summed E-state index contributed by atoms with van der Waals surface area (Å²) in [5.74, 6) is -1.04. The van der Waals surface area contributed by atoms with E-state index in [1.807, 2.05) is 6.92 Å². The molecule has 1 aliphatic carbocycles. The van der Waals surface area contributed by atoms with Crippen molar-refractivity contribution in [2.24, 2.45) is 17.4 Å². The molecule has 1 saturated carbocycles. The van der Waals surface area contributed by atoms with Gasteiger partial charge in [0.15, 0.2) is 0 Å². The average molecular weight is 302 g/mol. The molecule has 0 radical (unpaired) electrons. The molecule has 2 atom stereocenters. The van der Waals surface area contributed by atoms with Gasteiger partial charge in [-0.25, -0.2) is 0 Å². The lowest BCUT2D eigenvalue weighted by atomic mass is 9.85. The van der Waals surface area contributed by atoms with Crippen molar-refractivity contribution in [1.29, 1.82) is 0 Å². The Balaban J connectivity index is 0.000000433. The molecule has 0 aliphatic heterocycles. The van der Waals surface area contributed by atoms with E-state index in [4.69, 9.17) is 21.7 Å². The van der Waals surface area contributed by atoms with Crippen molar-refractivity contribution >= 4 is 11.9 Å². The monoisotopic (exact) mass is 302 g/mol. The fourth-order valence-corrected chi connectivity index (χ4v) is 2.45. The molecule has 1 rings (SSSR count). The Labute approximate surface area is 126 Å². The van der Waals surface area contributed by atoms with Crippen molar-refractivity contribution < 1.29 is 19.8 Å². The van der Waals surface area contributed by atoms with Gasteiger partial charge in [0.05, 0.1) is 0 Å². The third kappa shape index (κ3) is 10.3. The van der Waals surface area contributed by atoms with Gasteiger partial charge < -0.3 is 21.7 Å². The number of hydrogen-bond donors (Lipinski definition) is 4. The summed E-state index contributed by atoms with van der Waals surface area (Å²) in [6.45, 7) is 1.91. The molecule has 124 valence electrons. The molecule has 1 aliphatic rings. The number of aliphatic carboxylic acids is 2. The number of carboxylic acid groups (broad SMARTS) is 2. The molecule has 0 aromatic heterocycles. The zero-order valence-electron chi connectivity index (χ0n) is 13.0. The number of hydrogen-bond acceptors (Lipinski definition) is 4. The summed E-state index contributed by atoms with van der Waals surface area (Å²) in [7, 11) is 0. The fraction of sp³-hybridized carbons (Fsp3) is 0.867. The van der Waals surface area contributed by atoms with Gasteiger partial charge in [0.25, 0.3) is 0 Å². The lowest BCUT2D eigenvalue weighted by Gasteiger charge is -2.21. The highest BCUT2D eigenvalue weighted by Gasteiger charge is 2.17. The standard InChI is InChI=1S/C10H19NO2.C5H11NO2/c11-9(10(12)13)7-6-8-4-2-1-3-5-8;1-2-3-4(6)5(7)8/h8-9H,1-7,11H2,(H,12,13);4H,2-3,6H2,1H3,(H,7,8)/t;4-/m.0/s1. The lowest BCUT2D eigenvalue weighted by Crippen LogP contribution is -2.30. The Bertz CT molecular complexity index is 304. The molecule has 6 heteroatoms. The molecule has 0 heterocycles. The number of nitrogens with two attached hydrogens (primary N) is 2. The van der Waals surface area contributed by atoms with Crippen LogP contribution in [-0.4, -0.2) is 34.2 Å². The van der Waals surface area contributed by atoms with E-state index in [9.17, 15) is 9.59 Å². The van der Waals surface area contributed by atoms with E-state index in [1.54, 1.807) is 0 Å². The number of carbonyl (C=O) groups is 2. The normalized spacial score (nSPS) is 18.2. The van der Waals surface area contributed by atoms with Crippen LogP contribution in [0.1, 0.15) is 64.7 Å². The molecule has 0 aromatic carbocycles. The second-order valence-corrected chi connectivity index (χ2v) is 5.76. The molecule has 21 heavy (non-hydrogen) atoms. The first-order valence-corrected chi connectivity index (χ1v) is 7.85. The van der Waals surface area contributed by atoms with Crippen LogP contribution in [0.4, 0.5) is 0 Å². The third-order valence-electron chi connectivity index (χ3n) is 3.84. The predicted octanol–water partition coefficient (Wildman–Crippen LogP) is 1.96. The first-order valence-electron chi connectivity index (χ1n) is 7.85. The van der Waals surface area contributed by atoms with Crippen LogP contribution in [0.15, 0.2) is 0 Å². The van der Waals surface area contributed by atoms with Gasteiger partial charge in [-0.2, -0.15) is 0 Å². The fourth-order valence-electron chi connectivity index (χ4n) is 2.45. The topological polar surface area (TPSA) is 127 Å². The predicted molar refractivity (Wildman–Crippen MR) is 81.9 cm³/mol. The van der Waals surface area contributed by atoms with Gasteiger partial charge in [0.2, 0.25) is 0 Å². The maximum absolute atomic E-state index is 10.4. The number of rotatable bonds is 7. The highest BCUT2D eigenvalue weighted by molar-refractivity contribution is 5.73. The van der Waals surface area contributed by atoms with E-state index < -0.39 is 24.0 Å². The van der Waals surface area contributed by atoms with Gasteiger partial charge in [-0.3, -0.25) is 9.59 Å². The SMILES string of the molecule is CCC[C@H](N)C(=O)O.NC(CCC1CCCCC1)C(=O)O. The summed E-state index contributed by atoms with van der Waals surface area (Å²) in [6.07, 6.45) is 9.54. The number of carboxylic acids is 2. The largest absolute Gasteiger partial charge is 0.480 e. The van der Waals surface area contributed by atoms with Gasteiger partial charge in [-0.15, -0.1) is 0 Å². The average Bonchev–Trinajstić information content (AvgIpc) is 2.46. The molecule has 0 spiro atoms. The van der Waals surface area contributed by atoms with Gasteiger partial charge >= 0.3 is 11.9 Å².